The number of rotatable bonds is 8. The predicted octanol–water partition coefficient (Wildman–Crippen LogP) is 3.85. The number of carbonyl (C=O) groups excluding carboxylic acids is 1. The molecule has 1 unspecified atom stereocenters. The van der Waals surface area contributed by atoms with E-state index in [1.165, 1.54) is 0 Å². The number of carbonyl (C=O) groups is 1. The first kappa shape index (κ1) is 21.0. The summed E-state index contributed by atoms with van der Waals surface area (Å²) in [6.07, 6.45) is 0.263. The normalized spacial score (nSPS) is 11.5. The summed E-state index contributed by atoms with van der Waals surface area (Å²) in [4.78, 5) is 12.1. The van der Waals surface area contributed by atoms with Gasteiger partial charge in [0.25, 0.3) is 0 Å². The van der Waals surface area contributed by atoms with E-state index in [4.69, 9.17) is 10.5 Å². The second-order valence-corrected chi connectivity index (χ2v) is 6.31. The van der Waals surface area contributed by atoms with Crippen molar-refractivity contribution in [3.8, 4) is 5.75 Å². The lowest BCUT2D eigenvalue weighted by atomic mass is 10.0. The molecule has 0 spiro atoms. The molecular weight excluding hydrogens is 336 g/mol. The number of nitrogens with one attached hydrogen (secondary N) is 1. The van der Waals surface area contributed by atoms with E-state index in [1.54, 1.807) is 0 Å². The summed E-state index contributed by atoms with van der Waals surface area (Å²) >= 11 is 0. The summed E-state index contributed by atoms with van der Waals surface area (Å²) in [5.74, 6) is 1.21. The van der Waals surface area contributed by atoms with Crippen molar-refractivity contribution in [3.63, 3.8) is 0 Å². The first-order valence-electron chi connectivity index (χ1n) is 8.34. The van der Waals surface area contributed by atoms with Crippen LogP contribution in [0.1, 0.15) is 37.4 Å². The monoisotopic (exact) mass is 362 g/mol. The molecular formula is C20H27ClN2O2. The Morgan fingerprint density at radius 2 is 1.72 bits per heavy atom. The lowest BCUT2D eigenvalue weighted by molar-refractivity contribution is -0.121. The van der Waals surface area contributed by atoms with Gasteiger partial charge in [0.15, 0.2) is 0 Å². The zero-order valence-corrected chi connectivity index (χ0v) is 15.6. The molecule has 0 fully saturated rings. The van der Waals surface area contributed by atoms with Gasteiger partial charge in [0.2, 0.25) is 5.91 Å². The third-order valence-electron chi connectivity index (χ3n) is 3.65. The molecule has 0 saturated carbocycles. The predicted molar refractivity (Wildman–Crippen MR) is 104 cm³/mol. The van der Waals surface area contributed by atoms with Crippen molar-refractivity contribution in [1.82, 2.24) is 5.32 Å². The molecule has 5 heteroatoms. The highest BCUT2D eigenvalue weighted by molar-refractivity contribution is 5.85. The van der Waals surface area contributed by atoms with Crippen molar-refractivity contribution in [2.75, 3.05) is 6.61 Å². The van der Waals surface area contributed by atoms with Crippen LogP contribution in [-0.2, 0) is 11.3 Å². The molecule has 2 rings (SSSR count). The van der Waals surface area contributed by atoms with Crippen LogP contribution < -0.4 is 15.8 Å². The van der Waals surface area contributed by atoms with Crippen molar-refractivity contribution in [2.45, 2.75) is 32.9 Å². The van der Waals surface area contributed by atoms with E-state index >= 15 is 0 Å². The summed E-state index contributed by atoms with van der Waals surface area (Å²) < 4.78 is 5.81. The van der Waals surface area contributed by atoms with Gasteiger partial charge in [-0.2, -0.15) is 0 Å². The van der Waals surface area contributed by atoms with Crippen LogP contribution in [0.15, 0.2) is 54.6 Å². The fraction of sp³-hybridized carbons (Fsp3) is 0.350. The Bertz CT molecular complexity index is 647. The third-order valence-corrected chi connectivity index (χ3v) is 3.65. The van der Waals surface area contributed by atoms with E-state index in [0.29, 0.717) is 19.1 Å². The molecule has 4 nitrogen and oxygen atoms in total. The van der Waals surface area contributed by atoms with Gasteiger partial charge in [0, 0.05) is 24.6 Å². The number of amides is 1. The minimum atomic E-state index is -0.293. The van der Waals surface area contributed by atoms with Gasteiger partial charge in [0.05, 0.1) is 6.61 Å². The molecule has 0 bridgehead atoms. The van der Waals surface area contributed by atoms with Gasteiger partial charge in [-0.15, -0.1) is 12.4 Å². The largest absolute Gasteiger partial charge is 0.493 e. The minimum Gasteiger partial charge on any atom is -0.493 e. The number of hydrogen-bond acceptors (Lipinski definition) is 3. The van der Waals surface area contributed by atoms with Gasteiger partial charge < -0.3 is 15.8 Å². The molecule has 2 aromatic carbocycles. The Hall–Kier alpha value is -2.04. The van der Waals surface area contributed by atoms with Crippen LogP contribution >= 0.6 is 12.4 Å². The van der Waals surface area contributed by atoms with E-state index in [-0.39, 0.29) is 30.8 Å². The molecule has 136 valence electrons. The molecule has 0 heterocycles. The molecule has 25 heavy (non-hydrogen) atoms. The Morgan fingerprint density at radius 1 is 1.08 bits per heavy atom. The maximum absolute atomic E-state index is 12.1. The Kier molecular flexibility index (Phi) is 9.03. The maximum Gasteiger partial charge on any atom is 0.222 e. The van der Waals surface area contributed by atoms with Crippen molar-refractivity contribution >= 4 is 18.3 Å². The highest BCUT2D eigenvalue weighted by Crippen LogP contribution is 2.19. The molecule has 0 aromatic heterocycles. The van der Waals surface area contributed by atoms with E-state index in [2.05, 4.69) is 19.2 Å². The van der Waals surface area contributed by atoms with Crippen molar-refractivity contribution in [3.05, 3.63) is 65.7 Å². The van der Waals surface area contributed by atoms with E-state index in [0.717, 1.165) is 16.9 Å². The average Bonchev–Trinajstić information content (AvgIpc) is 2.59. The Morgan fingerprint density at radius 3 is 2.40 bits per heavy atom. The number of benzene rings is 2. The fourth-order valence-electron chi connectivity index (χ4n) is 2.33. The number of hydrogen-bond donors (Lipinski definition) is 2. The lowest BCUT2D eigenvalue weighted by Crippen LogP contribution is -2.27. The second kappa shape index (κ2) is 10.7. The molecule has 1 amide bonds. The first-order chi connectivity index (χ1) is 11.6. The van der Waals surface area contributed by atoms with Gasteiger partial charge in [0.1, 0.15) is 5.75 Å². The number of ether oxygens (including phenoxy) is 1. The van der Waals surface area contributed by atoms with Gasteiger partial charge in [-0.3, -0.25) is 4.79 Å². The Labute approximate surface area is 156 Å². The highest BCUT2D eigenvalue weighted by atomic mass is 35.5. The van der Waals surface area contributed by atoms with Crippen molar-refractivity contribution in [1.29, 1.82) is 0 Å². The summed E-state index contributed by atoms with van der Waals surface area (Å²) in [6.45, 7) is 5.31. The molecule has 0 radical (unpaired) electrons. The zero-order chi connectivity index (χ0) is 17.4. The molecule has 2 aromatic rings. The van der Waals surface area contributed by atoms with E-state index in [1.807, 2.05) is 54.6 Å². The van der Waals surface area contributed by atoms with Crippen molar-refractivity contribution in [2.24, 2.45) is 11.7 Å². The standard InChI is InChI=1S/C20H26N2O2.ClH/c1-15(2)14-24-19-11-7-6-10-17(19)13-22-20(23)12-18(21)16-8-4-3-5-9-16;/h3-11,15,18H,12-14,21H2,1-2H3,(H,22,23);1H. The lowest BCUT2D eigenvalue weighted by Gasteiger charge is -2.15. The van der Waals surface area contributed by atoms with Crippen LogP contribution in [0.5, 0.6) is 5.75 Å². The molecule has 0 saturated heterocycles. The van der Waals surface area contributed by atoms with Gasteiger partial charge in [-0.25, -0.2) is 0 Å². The number of nitrogens with two attached hydrogens (primary N) is 1. The molecule has 0 aliphatic carbocycles. The first-order valence-corrected chi connectivity index (χ1v) is 8.34. The smallest absolute Gasteiger partial charge is 0.222 e. The minimum absolute atomic E-state index is 0. The molecule has 3 N–H and O–H groups in total. The SMILES string of the molecule is CC(C)COc1ccccc1CNC(=O)CC(N)c1ccccc1.Cl. The molecule has 0 aliphatic rings. The quantitative estimate of drug-likeness (QED) is 0.749. The molecule has 1 atom stereocenters. The Balaban J connectivity index is 0.00000312. The van der Waals surface area contributed by atoms with Crippen LogP contribution in [0.4, 0.5) is 0 Å². The average molecular weight is 363 g/mol. The highest BCUT2D eigenvalue weighted by Gasteiger charge is 2.12. The summed E-state index contributed by atoms with van der Waals surface area (Å²) in [5.41, 5.74) is 8.03. The zero-order valence-electron chi connectivity index (χ0n) is 14.8. The van der Waals surface area contributed by atoms with Crippen LogP contribution in [0, 0.1) is 5.92 Å². The van der Waals surface area contributed by atoms with E-state index < -0.39 is 0 Å². The van der Waals surface area contributed by atoms with Crippen LogP contribution in [0.2, 0.25) is 0 Å². The fourth-order valence-corrected chi connectivity index (χ4v) is 2.33. The number of halogens is 1. The second-order valence-electron chi connectivity index (χ2n) is 6.31. The summed E-state index contributed by atoms with van der Waals surface area (Å²) in [5, 5.41) is 2.93. The summed E-state index contributed by atoms with van der Waals surface area (Å²) in [7, 11) is 0. The van der Waals surface area contributed by atoms with Crippen LogP contribution in [0.25, 0.3) is 0 Å². The van der Waals surface area contributed by atoms with Crippen LogP contribution in [-0.4, -0.2) is 12.5 Å². The maximum atomic E-state index is 12.1. The van der Waals surface area contributed by atoms with Gasteiger partial charge in [-0.1, -0.05) is 62.4 Å². The number of para-hydroxylation sites is 1. The topological polar surface area (TPSA) is 64.3 Å². The summed E-state index contributed by atoms with van der Waals surface area (Å²) in [6, 6.07) is 17.1. The van der Waals surface area contributed by atoms with Gasteiger partial charge in [-0.05, 0) is 17.5 Å². The van der Waals surface area contributed by atoms with E-state index in [9.17, 15) is 4.79 Å². The third kappa shape index (κ3) is 7.16. The van der Waals surface area contributed by atoms with Crippen molar-refractivity contribution < 1.29 is 9.53 Å². The van der Waals surface area contributed by atoms with Gasteiger partial charge >= 0.3 is 0 Å². The molecule has 0 aliphatic heterocycles. The van der Waals surface area contributed by atoms with Crippen LogP contribution in [0.3, 0.4) is 0 Å².